The number of sulfonamides is 1. The van der Waals surface area contributed by atoms with E-state index in [-0.39, 0.29) is 6.04 Å². The highest BCUT2D eigenvalue weighted by Gasteiger charge is 2.33. The number of hydrogen-bond acceptors (Lipinski definition) is 3. The molecule has 0 spiro atoms. The molecule has 1 rings (SSSR count). The molecule has 0 radical (unpaired) electrons. The first kappa shape index (κ1) is 9.95. The van der Waals surface area contributed by atoms with Crippen LogP contribution in [0.15, 0.2) is 0 Å². The SMILES string of the molecule is CNCCC1CCN1S(C)(=O)=O. The first-order chi connectivity index (χ1) is 5.55. The number of nitrogens with zero attached hydrogens (tertiary/aromatic N) is 1. The summed E-state index contributed by atoms with van der Waals surface area (Å²) in [6.45, 7) is 1.59. The molecule has 1 unspecified atom stereocenters. The zero-order valence-electron chi connectivity index (χ0n) is 7.58. The van der Waals surface area contributed by atoms with Gasteiger partial charge >= 0.3 is 0 Å². The Kier molecular flexibility index (Phi) is 3.09. The lowest BCUT2D eigenvalue weighted by Gasteiger charge is -2.38. The smallest absolute Gasteiger partial charge is 0.211 e. The molecule has 0 saturated carbocycles. The predicted molar refractivity (Wildman–Crippen MR) is 48.5 cm³/mol. The molecule has 0 aromatic carbocycles. The molecule has 72 valence electrons. The van der Waals surface area contributed by atoms with Gasteiger partial charge in [0.1, 0.15) is 0 Å². The molecule has 0 aliphatic carbocycles. The highest BCUT2D eigenvalue weighted by molar-refractivity contribution is 7.88. The van der Waals surface area contributed by atoms with Crippen LogP contribution in [0.1, 0.15) is 12.8 Å². The standard InChI is InChI=1S/C7H16N2O2S/c1-8-5-3-7-4-6-9(7)12(2,10)11/h7-8H,3-6H2,1-2H3. The van der Waals surface area contributed by atoms with Crippen LogP contribution in [0.5, 0.6) is 0 Å². The van der Waals surface area contributed by atoms with Crippen LogP contribution in [0.3, 0.4) is 0 Å². The van der Waals surface area contributed by atoms with Gasteiger partial charge in [0, 0.05) is 12.6 Å². The Morgan fingerprint density at radius 2 is 2.25 bits per heavy atom. The van der Waals surface area contributed by atoms with Gasteiger partial charge in [-0.1, -0.05) is 0 Å². The maximum absolute atomic E-state index is 11.1. The molecule has 1 N–H and O–H groups in total. The van der Waals surface area contributed by atoms with E-state index in [1.807, 2.05) is 7.05 Å². The zero-order valence-corrected chi connectivity index (χ0v) is 8.39. The Morgan fingerprint density at radius 3 is 2.58 bits per heavy atom. The lowest BCUT2D eigenvalue weighted by atomic mass is 10.0. The van der Waals surface area contributed by atoms with Crippen LogP contribution in [-0.4, -0.2) is 45.2 Å². The van der Waals surface area contributed by atoms with Gasteiger partial charge in [-0.05, 0) is 26.4 Å². The molecule has 0 aromatic heterocycles. The number of hydrogen-bond donors (Lipinski definition) is 1. The van der Waals surface area contributed by atoms with Crippen LogP contribution in [0.4, 0.5) is 0 Å². The second-order valence-electron chi connectivity index (χ2n) is 3.21. The van der Waals surface area contributed by atoms with E-state index in [2.05, 4.69) is 5.32 Å². The van der Waals surface area contributed by atoms with Gasteiger partial charge in [0.15, 0.2) is 0 Å². The summed E-state index contributed by atoms with van der Waals surface area (Å²) in [5, 5.41) is 3.02. The zero-order chi connectivity index (χ0) is 9.19. The third-order valence-corrected chi connectivity index (χ3v) is 3.58. The van der Waals surface area contributed by atoms with Gasteiger partial charge in [0.05, 0.1) is 6.26 Å². The lowest BCUT2D eigenvalue weighted by molar-refractivity contribution is 0.190. The van der Waals surface area contributed by atoms with Crippen molar-refractivity contribution < 1.29 is 8.42 Å². The van der Waals surface area contributed by atoms with Crippen molar-refractivity contribution in [1.82, 2.24) is 9.62 Å². The molecule has 4 nitrogen and oxygen atoms in total. The van der Waals surface area contributed by atoms with Crippen molar-refractivity contribution in [3.63, 3.8) is 0 Å². The first-order valence-electron chi connectivity index (χ1n) is 4.17. The van der Waals surface area contributed by atoms with Crippen molar-refractivity contribution >= 4 is 10.0 Å². The van der Waals surface area contributed by atoms with Crippen molar-refractivity contribution in [3.05, 3.63) is 0 Å². The Hall–Kier alpha value is -0.130. The van der Waals surface area contributed by atoms with E-state index >= 15 is 0 Å². The Bertz CT molecular complexity index is 238. The van der Waals surface area contributed by atoms with Gasteiger partial charge in [0.25, 0.3) is 0 Å². The van der Waals surface area contributed by atoms with E-state index in [0.717, 1.165) is 19.4 Å². The van der Waals surface area contributed by atoms with Crippen molar-refractivity contribution in [3.8, 4) is 0 Å². The van der Waals surface area contributed by atoms with E-state index in [1.54, 1.807) is 4.31 Å². The minimum Gasteiger partial charge on any atom is -0.320 e. The highest BCUT2D eigenvalue weighted by Crippen LogP contribution is 2.22. The minimum atomic E-state index is -2.94. The fourth-order valence-electron chi connectivity index (χ4n) is 1.45. The van der Waals surface area contributed by atoms with Gasteiger partial charge in [-0.3, -0.25) is 0 Å². The van der Waals surface area contributed by atoms with Crippen molar-refractivity contribution in [2.24, 2.45) is 0 Å². The van der Waals surface area contributed by atoms with Crippen LogP contribution < -0.4 is 5.32 Å². The maximum Gasteiger partial charge on any atom is 0.211 e. The summed E-state index contributed by atoms with van der Waals surface area (Å²) in [4.78, 5) is 0. The van der Waals surface area contributed by atoms with E-state index in [0.29, 0.717) is 6.54 Å². The summed E-state index contributed by atoms with van der Waals surface area (Å²) in [7, 11) is -1.06. The molecule has 0 aromatic rings. The van der Waals surface area contributed by atoms with Gasteiger partial charge in [-0.15, -0.1) is 0 Å². The third-order valence-electron chi connectivity index (χ3n) is 2.24. The van der Waals surface area contributed by atoms with E-state index in [9.17, 15) is 8.42 Å². The van der Waals surface area contributed by atoms with Crippen molar-refractivity contribution in [2.75, 3.05) is 26.4 Å². The Morgan fingerprint density at radius 1 is 1.58 bits per heavy atom. The fraction of sp³-hybridized carbons (Fsp3) is 1.00. The fourth-order valence-corrected chi connectivity index (χ4v) is 2.64. The Balaban J connectivity index is 2.39. The molecule has 12 heavy (non-hydrogen) atoms. The lowest BCUT2D eigenvalue weighted by Crippen LogP contribution is -2.51. The molecule has 1 aliphatic heterocycles. The average molecular weight is 192 g/mol. The molecule has 0 amide bonds. The number of nitrogens with one attached hydrogen (secondary N) is 1. The van der Waals surface area contributed by atoms with Crippen LogP contribution in [-0.2, 0) is 10.0 Å². The van der Waals surface area contributed by atoms with Crippen molar-refractivity contribution in [2.45, 2.75) is 18.9 Å². The molecule has 1 saturated heterocycles. The second kappa shape index (κ2) is 3.72. The van der Waals surface area contributed by atoms with Crippen LogP contribution in [0.25, 0.3) is 0 Å². The molecule has 1 heterocycles. The molecule has 1 aliphatic rings. The summed E-state index contributed by atoms with van der Waals surface area (Å²) >= 11 is 0. The third kappa shape index (κ3) is 2.18. The normalized spacial score (nSPS) is 25.3. The van der Waals surface area contributed by atoms with Crippen LogP contribution in [0, 0.1) is 0 Å². The van der Waals surface area contributed by atoms with Gasteiger partial charge < -0.3 is 5.32 Å². The largest absolute Gasteiger partial charge is 0.320 e. The van der Waals surface area contributed by atoms with E-state index in [4.69, 9.17) is 0 Å². The predicted octanol–water partition coefficient (Wildman–Crippen LogP) is -0.370. The number of rotatable bonds is 4. The van der Waals surface area contributed by atoms with Gasteiger partial charge in [0.2, 0.25) is 10.0 Å². The van der Waals surface area contributed by atoms with E-state index in [1.165, 1.54) is 6.26 Å². The molecular formula is C7H16N2O2S. The summed E-state index contributed by atoms with van der Waals surface area (Å²) in [5.74, 6) is 0. The maximum atomic E-state index is 11.1. The summed E-state index contributed by atoms with van der Waals surface area (Å²) in [5.41, 5.74) is 0. The van der Waals surface area contributed by atoms with Gasteiger partial charge in [-0.25, -0.2) is 8.42 Å². The van der Waals surface area contributed by atoms with E-state index < -0.39 is 10.0 Å². The average Bonchev–Trinajstić information content (AvgIpc) is 1.82. The molecule has 0 bridgehead atoms. The molecular weight excluding hydrogens is 176 g/mol. The topological polar surface area (TPSA) is 49.4 Å². The second-order valence-corrected chi connectivity index (χ2v) is 5.14. The quantitative estimate of drug-likeness (QED) is 0.661. The minimum absolute atomic E-state index is 0.243. The summed E-state index contributed by atoms with van der Waals surface area (Å²) in [6.07, 6.45) is 3.21. The van der Waals surface area contributed by atoms with Crippen LogP contribution >= 0.6 is 0 Å². The summed E-state index contributed by atoms with van der Waals surface area (Å²) in [6, 6.07) is 0.243. The molecule has 1 fully saturated rings. The molecule has 5 heteroatoms. The van der Waals surface area contributed by atoms with Crippen LogP contribution in [0.2, 0.25) is 0 Å². The first-order valence-corrected chi connectivity index (χ1v) is 6.02. The highest BCUT2D eigenvalue weighted by atomic mass is 32.2. The monoisotopic (exact) mass is 192 g/mol. The Labute approximate surface area is 74.0 Å². The van der Waals surface area contributed by atoms with Crippen molar-refractivity contribution in [1.29, 1.82) is 0 Å². The summed E-state index contributed by atoms with van der Waals surface area (Å²) < 4.78 is 23.8. The molecule has 1 atom stereocenters. The van der Waals surface area contributed by atoms with Gasteiger partial charge in [-0.2, -0.15) is 4.31 Å².